The van der Waals surface area contributed by atoms with E-state index in [9.17, 15) is 10.1 Å². The third-order valence-electron chi connectivity index (χ3n) is 3.16. The molecular weight excluding hydrogens is 270 g/mol. The number of rotatable bonds is 6. The van der Waals surface area contributed by atoms with Crippen LogP contribution in [0.4, 0.5) is 5.69 Å². The van der Waals surface area contributed by atoms with E-state index in [0.717, 1.165) is 12.1 Å². The van der Waals surface area contributed by atoms with Gasteiger partial charge in [-0.2, -0.15) is 0 Å². The number of hydrogen-bond donors (Lipinski definition) is 1. The van der Waals surface area contributed by atoms with Crippen LogP contribution in [0.15, 0.2) is 42.6 Å². The van der Waals surface area contributed by atoms with E-state index in [1.165, 1.54) is 12.1 Å². The van der Waals surface area contributed by atoms with Crippen molar-refractivity contribution in [2.24, 2.45) is 0 Å². The maximum atomic E-state index is 10.6. The Balaban J connectivity index is 2.07. The molecule has 1 atom stereocenters. The van der Waals surface area contributed by atoms with Crippen molar-refractivity contribution >= 4 is 5.69 Å². The highest BCUT2D eigenvalue weighted by molar-refractivity contribution is 5.38. The summed E-state index contributed by atoms with van der Waals surface area (Å²) in [5.74, 6) is 1.13. The highest BCUT2D eigenvalue weighted by atomic mass is 16.6. The number of hydrogen-bond acceptors (Lipinski definition) is 5. The minimum Gasteiger partial charge on any atom is -0.456 e. The van der Waals surface area contributed by atoms with Gasteiger partial charge < -0.3 is 10.1 Å². The van der Waals surface area contributed by atoms with E-state index in [1.807, 2.05) is 19.2 Å². The van der Waals surface area contributed by atoms with Gasteiger partial charge in [0.05, 0.1) is 16.8 Å². The van der Waals surface area contributed by atoms with Gasteiger partial charge in [-0.15, -0.1) is 0 Å². The predicted molar refractivity (Wildman–Crippen MR) is 79.5 cm³/mol. The zero-order valence-corrected chi connectivity index (χ0v) is 11.9. The Morgan fingerprint density at radius 2 is 1.90 bits per heavy atom. The number of ether oxygens (including phenoxy) is 1. The van der Waals surface area contributed by atoms with E-state index in [1.54, 1.807) is 18.3 Å². The molecule has 0 aliphatic heterocycles. The van der Waals surface area contributed by atoms with Crippen molar-refractivity contribution in [3.63, 3.8) is 0 Å². The summed E-state index contributed by atoms with van der Waals surface area (Å²) >= 11 is 0. The van der Waals surface area contributed by atoms with E-state index in [0.29, 0.717) is 11.5 Å². The second kappa shape index (κ2) is 6.81. The Kier molecular flexibility index (Phi) is 4.84. The molecule has 2 aromatic rings. The van der Waals surface area contributed by atoms with Gasteiger partial charge in [0, 0.05) is 18.2 Å². The number of pyridine rings is 1. The maximum absolute atomic E-state index is 10.6. The molecule has 1 aromatic heterocycles. The van der Waals surface area contributed by atoms with Gasteiger partial charge in [0.2, 0.25) is 0 Å². The lowest BCUT2D eigenvalue weighted by atomic mass is 10.1. The van der Waals surface area contributed by atoms with Crippen LogP contribution in [-0.2, 0) is 0 Å². The summed E-state index contributed by atoms with van der Waals surface area (Å²) in [5, 5.41) is 13.8. The molecule has 21 heavy (non-hydrogen) atoms. The Morgan fingerprint density at radius 3 is 2.38 bits per heavy atom. The SMILES string of the molecule is CCC(NC)c1ccc(Oc2ccc([N+](=O)[O-])cc2)cn1. The van der Waals surface area contributed by atoms with Crippen LogP contribution in [0.2, 0.25) is 0 Å². The van der Waals surface area contributed by atoms with Crippen molar-refractivity contribution in [2.75, 3.05) is 7.05 Å². The van der Waals surface area contributed by atoms with Gasteiger partial charge in [-0.05, 0) is 37.7 Å². The Hall–Kier alpha value is -2.47. The molecule has 110 valence electrons. The van der Waals surface area contributed by atoms with Gasteiger partial charge >= 0.3 is 0 Å². The van der Waals surface area contributed by atoms with Gasteiger partial charge in [-0.3, -0.25) is 15.1 Å². The fourth-order valence-corrected chi connectivity index (χ4v) is 1.99. The van der Waals surface area contributed by atoms with Gasteiger partial charge in [0.1, 0.15) is 11.5 Å². The molecule has 0 amide bonds. The van der Waals surface area contributed by atoms with Crippen molar-refractivity contribution in [1.29, 1.82) is 0 Å². The van der Waals surface area contributed by atoms with Crippen molar-refractivity contribution in [3.8, 4) is 11.5 Å². The van der Waals surface area contributed by atoms with Crippen LogP contribution in [-0.4, -0.2) is 17.0 Å². The Bertz CT molecular complexity index is 593. The second-order valence-corrected chi connectivity index (χ2v) is 4.52. The second-order valence-electron chi connectivity index (χ2n) is 4.52. The molecule has 0 spiro atoms. The molecule has 1 N–H and O–H groups in total. The standard InChI is InChI=1S/C15H17N3O3/c1-3-14(16-2)15-9-8-13(10-17-15)21-12-6-4-11(5-7-12)18(19)20/h4-10,14,16H,3H2,1-2H3. The molecular formula is C15H17N3O3. The van der Waals surface area contributed by atoms with Crippen LogP contribution in [0.1, 0.15) is 25.1 Å². The monoisotopic (exact) mass is 287 g/mol. The van der Waals surface area contributed by atoms with Gasteiger partial charge in [-0.25, -0.2) is 0 Å². The first kappa shape index (κ1) is 14.9. The van der Waals surface area contributed by atoms with Crippen LogP contribution in [0, 0.1) is 10.1 Å². The number of benzene rings is 1. The quantitative estimate of drug-likeness (QED) is 0.650. The van der Waals surface area contributed by atoms with Gasteiger partial charge in [0.25, 0.3) is 5.69 Å². The largest absolute Gasteiger partial charge is 0.456 e. The zero-order chi connectivity index (χ0) is 15.2. The average molecular weight is 287 g/mol. The predicted octanol–water partition coefficient (Wildman–Crippen LogP) is 3.45. The average Bonchev–Trinajstić information content (AvgIpc) is 2.51. The molecule has 1 heterocycles. The Morgan fingerprint density at radius 1 is 1.24 bits per heavy atom. The van der Waals surface area contributed by atoms with Crippen LogP contribution in [0.3, 0.4) is 0 Å². The van der Waals surface area contributed by atoms with Crippen molar-refractivity contribution in [3.05, 3.63) is 58.4 Å². The summed E-state index contributed by atoms with van der Waals surface area (Å²) in [6.07, 6.45) is 2.60. The van der Waals surface area contributed by atoms with Gasteiger partial charge in [-0.1, -0.05) is 6.92 Å². The molecule has 0 aliphatic rings. The lowest BCUT2D eigenvalue weighted by molar-refractivity contribution is -0.384. The van der Waals surface area contributed by atoms with E-state index in [-0.39, 0.29) is 11.7 Å². The first-order chi connectivity index (χ1) is 10.1. The molecule has 0 bridgehead atoms. The summed E-state index contributed by atoms with van der Waals surface area (Å²) in [5.41, 5.74) is 0.992. The lowest BCUT2D eigenvalue weighted by Gasteiger charge is -2.13. The number of aromatic nitrogens is 1. The van der Waals surface area contributed by atoms with Crippen LogP contribution in [0.25, 0.3) is 0 Å². The number of nitrogens with one attached hydrogen (secondary N) is 1. The summed E-state index contributed by atoms with van der Waals surface area (Å²) in [4.78, 5) is 14.5. The van der Waals surface area contributed by atoms with E-state index >= 15 is 0 Å². The third kappa shape index (κ3) is 3.76. The van der Waals surface area contributed by atoms with Crippen molar-refractivity contribution in [2.45, 2.75) is 19.4 Å². The summed E-state index contributed by atoms with van der Waals surface area (Å²) in [6.45, 7) is 2.09. The molecule has 6 heteroatoms. The molecule has 2 rings (SSSR count). The summed E-state index contributed by atoms with van der Waals surface area (Å²) in [6, 6.07) is 9.91. The van der Waals surface area contributed by atoms with E-state index < -0.39 is 4.92 Å². The summed E-state index contributed by atoms with van der Waals surface area (Å²) in [7, 11) is 1.90. The Labute approximate surface area is 122 Å². The van der Waals surface area contributed by atoms with E-state index in [2.05, 4.69) is 17.2 Å². The summed E-state index contributed by atoms with van der Waals surface area (Å²) < 4.78 is 5.61. The number of non-ortho nitro benzene ring substituents is 1. The first-order valence-corrected chi connectivity index (χ1v) is 6.69. The van der Waals surface area contributed by atoms with Crippen LogP contribution >= 0.6 is 0 Å². The molecule has 0 saturated carbocycles. The fourth-order valence-electron chi connectivity index (χ4n) is 1.99. The smallest absolute Gasteiger partial charge is 0.269 e. The molecule has 0 aliphatic carbocycles. The van der Waals surface area contributed by atoms with Crippen molar-refractivity contribution in [1.82, 2.24) is 10.3 Å². The normalized spacial score (nSPS) is 11.9. The van der Waals surface area contributed by atoms with Crippen LogP contribution in [0.5, 0.6) is 11.5 Å². The molecule has 1 aromatic carbocycles. The first-order valence-electron chi connectivity index (χ1n) is 6.69. The minimum atomic E-state index is -0.442. The fraction of sp³-hybridized carbons (Fsp3) is 0.267. The number of nitro benzene ring substituents is 1. The number of nitro groups is 1. The van der Waals surface area contributed by atoms with Crippen LogP contribution < -0.4 is 10.1 Å². The number of nitrogens with zero attached hydrogens (tertiary/aromatic N) is 2. The molecule has 0 radical (unpaired) electrons. The molecule has 1 unspecified atom stereocenters. The highest BCUT2D eigenvalue weighted by Crippen LogP contribution is 2.24. The molecule has 0 fully saturated rings. The minimum absolute atomic E-state index is 0.0376. The van der Waals surface area contributed by atoms with Crippen molar-refractivity contribution < 1.29 is 9.66 Å². The zero-order valence-electron chi connectivity index (χ0n) is 11.9. The highest BCUT2D eigenvalue weighted by Gasteiger charge is 2.09. The topological polar surface area (TPSA) is 77.3 Å². The molecule has 6 nitrogen and oxygen atoms in total. The molecule has 0 saturated heterocycles. The van der Waals surface area contributed by atoms with Gasteiger partial charge in [0.15, 0.2) is 0 Å². The lowest BCUT2D eigenvalue weighted by Crippen LogP contribution is -2.16. The maximum Gasteiger partial charge on any atom is 0.269 e. The third-order valence-corrected chi connectivity index (χ3v) is 3.16. The van der Waals surface area contributed by atoms with E-state index in [4.69, 9.17) is 4.74 Å².